The maximum atomic E-state index is 13.0. The highest BCUT2D eigenvalue weighted by atomic mass is 32.2. The van der Waals surface area contributed by atoms with Crippen molar-refractivity contribution in [3.63, 3.8) is 0 Å². The number of aliphatic hydroxyl groups is 1. The van der Waals surface area contributed by atoms with Crippen LogP contribution in [-0.2, 0) is 0 Å². The monoisotopic (exact) mass is 340 g/mol. The molecule has 1 aliphatic heterocycles. The summed E-state index contributed by atoms with van der Waals surface area (Å²) in [4.78, 5) is 14.1. The zero-order valence-electron chi connectivity index (χ0n) is 13.3. The molecule has 0 radical (unpaired) electrons. The van der Waals surface area contributed by atoms with E-state index in [-0.39, 0.29) is 12.0 Å². The molecule has 1 fully saturated rings. The first-order valence-corrected chi connectivity index (χ1v) is 9.32. The Kier molecular flexibility index (Phi) is 7.85. The number of piperidine rings is 1. The molecular weight excluding hydrogens is 315 g/mol. The average molecular weight is 340 g/mol. The number of nitrogens with one attached hydrogen (secondary N) is 1. The van der Waals surface area contributed by atoms with Crippen LogP contribution in [0.2, 0.25) is 0 Å². The van der Waals surface area contributed by atoms with Crippen LogP contribution in [0.15, 0.2) is 24.3 Å². The Morgan fingerprint density at radius 1 is 1.35 bits per heavy atom. The highest BCUT2D eigenvalue weighted by Gasteiger charge is 2.14. The second-order valence-corrected chi connectivity index (χ2v) is 7.01. The first-order valence-electron chi connectivity index (χ1n) is 8.17. The van der Waals surface area contributed by atoms with Gasteiger partial charge in [0, 0.05) is 30.2 Å². The number of nitrogens with zero attached hydrogens (tertiary/aromatic N) is 1. The van der Waals surface area contributed by atoms with Crippen LogP contribution >= 0.6 is 11.8 Å². The number of thioether (sulfide) groups is 1. The fourth-order valence-corrected chi connectivity index (χ4v) is 3.47. The van der Waals surface area contributed by atoms with Crippen LogP contribution in [0.4, 0.5) is 4.39 Å². The summed E-state index contributed by atoms with van der Waals surface area (Å²) < 4.78 is 13.0. The van der Waals surface area contributed by atoms with Crippen molar-refractivity contribution in [3.05, 3.63) is 35.6 Å². The molecule has 128 valence electrons. The Bertz CT molecular complexity index is 495. The van der Waals surface area contributed by atoms with Crippen molar-refractivity contribution in [1.82, 2.24) is 10.2 Å². The molecule has 0 aliphatic carbocycles. The molecule has 1 unspecified atom stereocenters. The van der Waals surface area contributed by atoms with E-state index in [9.17, 15) is 14.3 Å². The van der Waals surface area contributed by atoms with Gasteiger partial charge in [-0.05, 0) is 44.1 Å². The highest BCUT2D eigenvalue weighted by Crippen LogP contribution is 2.11. The summed E-state index contributed by atoms with van der Waals surface area (Å²) in [6, 6.07) is 5.66. The lowest BCUT2D eigenvalue weighted by atomic mass is 10.1. The van der Waals surface area contributed by atoms with E-state index in [1.807, 2.05) is 0 Å². The van der Waals surface area contributed by atoms with Crippen molar-refractivity contribution in [2.75, 3.05) is 37.7 Å². The van der Waals surface area contributed by atoms with Crippen LogP contribution in [0.5, 0.6) is 0 Å². The van der Waals surface area contributed by atoms with Gasteiger partial charge in [0.15, 0.2) is 0 Å². The van der Waals surface area contributed by atoms with Crippen LogP contribution in [0.1, 0.15) is 29.6 Å². The maximum Gasteiger partial charge on any atom is 0.251 e. The van der Waals surface area contributed by atoms with Gasteiger partial charge in [-0.15, -0.1) is 0 Å². The number of amides is 1. The summed E-state index contributed by atoms with van der Waals surface area (Å²) in [7, 11) is 0. The van der Waals surface area contributed by atoms with Gasteiger partial charge >= 0.3 is 0 Å². The van der Waals surface area contributed by atoms with Crippen LogP contribution in [0.3, 0.4) is 0 Å². The van der Waals surface area contributed by atoms with Gasteiger partial charge in [0.25, 0.3) is 5.91 Å². The summed E-state index contributed by atoms with van der Waals surface area (Å²) in [6.07, 6.45) is 3.43. The number of benzene rings is 1. The number of halogens is 1. The third-order valence-corrected chi connectivity index (χ3v) is 4.96. The molecule has 0 bridgehead atoms. The molecule has 23 heavy (non-hydrogen) atoms. The minimum atomic E-state index is -0.409. The van der Waals surface area contributed by atoms with Crippen LogP contribution in [0, 0.1) is 5.82 Å². The minimum Gasteiger partial charge on any atom is -0.391 e. The molecule has 1 aromatic rings. The van der Waals surface area contributed by atoms with Crippen molar-refractivity contribution in [3.8, 4) is 0 Å². The van der Waals surface area contributed by atoms with Crippen LogP contribution in [0.25, 0.3) is 0 Å². The van der Waals surface area contributed by atoms with Gasteiger partial charge in [0.1, 0.15) is 5.82 Å². The van der Waals surface area contributed by atoms with Crippen molar-refractivity contribution in [1.29, 1.82) is 0 Å². The number of hydrogen-bond donors (Lipinski definition) is 2. The maximum absolute atomic E-state index is 13.0. The summed E-state index contributed by atoms with van der Waals surface area (Å²) in [5, 5.41) is 12.8. The number of rotatable bonds is 8. The van der Waals surface area contributed by atoms with Gasteiger partial charge < -0.3 is 15.3 Å². The lowest BCUT2D eigenvalue weighted by Crippen LogP contribution is -2.37. The Hall–Kier alpha value is -1.11. The molecule has 0 saturated carbocycles. The normalized spacial score (nSPS) is 17.0. The molecule has 1 aliphatic rings. The molecule has 4 nitrogen and oxygen atoms in total. The molecule has 1 atom stereocenters. The molecule has 1 aromatic carbocycles. The number of carbonyl (C=O) groups excluding carboxylic acids is 1. The lowest BCUT2D eigenvalue weighted by Gasteiger charge is -2.28. The smallest absolute Gasteiger partial charge is 0.251 e. The van der Waals surface area contributed by atoms with Crippen molar-refractivity contribution < 1.29 is 14.3 Å². The number of aliphatic hydroxyl groups excluding tert-OH is 1. The van der Waals surface area contributed by atoms with E-state index in [0.29, 0.717) is 17.9 Å². The quantitative estimate of drug-likeness (QED) is 0.712. The van der Waals surface area contributed by atoms with E-state index in [1.54, 1.807) is 17.8 Å². The molecule has 6 heteroatoms. The van der Waals surface area contributed by atoms with Crippen LogP contribution in [-0.4, -0.2) is 59.7 Å². The summed E-state index contributed by atoms with van der Waals surface area (Å²) >= 11 is 1.62. The standard InChI is InChI=1S/C17H25FN2O2S/c18-15-6-4-5-14(11-15)17(22)19-7-10-23-13-16(21)12-20-8-2-1-3-9-20/h4-6,11,16,21H,1-3,7-10,12-13H2,(H,19,22). The minimum absolute atomic E-state index is 0.265. The predicted octanol–water partition coefficient (Wildman–Crippen LogP) is 2.14. The third-order valence-electron chi connectivity index (χ3n) is 3.85. The molecule has 0 spiro atoms. The number of likely N-dealkylation sites (tertiary alicyclic amines) is 1. The van der Waals surface area contributed by atoms with E-state index in [1.165, 1.54) is 37.5 Å². The van der Waals surface area contributed by atoms with Gasteiger partial charge in [-0.1, -0.05) is 12.5 Å². The molecule has 2 N–H and O–H groups in total. The highest BCUT2D eigenvalue weighted by molar-refractivity contribution is 7.99. The molecular formula is C17H25FN2O2S. The molecule has 1 heterocycles. The summed E-state index contributed by atoms with van der Waals surface area (Å²) in [5.74, 6) is 0.733. The number of β-amino-alcohol motifs (C(OH)–C–C–N with tert-alkyl or cyclic N) is 1. The van der Waals surface area contributed by atoms with Crippen LogP contribution < -0.4 is 5.32 Å². The van der Waals surface area contributed by atoms with Gasteiger partial charge in [0.05, 0.1) is 6.10 Å². The Morgan fingerprint density at radius 2 is 2.13 bits per heavy atom. The number of carbonyl (C=O) groups is 1. The predicted molar refractivity (Wildman–Crippen MR) is 92.4 cm³/mol. The Balaban J connectivity index is 1.55. The summed E-state index contributed by atoms with van der Waals surface area (Å²) in [6.45, 7) is 3.43. The SMILES string of the molecule is O=C(NCCSCC(O)CN1CCCCC1)c1cccc(F)c1. The Labute approximate surface area is 141 Å². The van der Waals surface area contributed by atoms with E-state index in [0.717, 1.165) is 25.4 Å². The van der Waals surface area contributed by atoms with E-state index < -0.39 is 5.82 Å². The van der Waals surface area contributed by atoms with Gasteiger partial charge in [0.2, 0.25) is 0 Å². The van der Waals surface area contributed by atoms with Gasteiger partial charge in [-0.3, -0.25) is 4.79 Å². The van der Waals surface area contributed by atoms with E-state index in [2.05, 4.69) is 10.2 Å². The third kappa shape index (κ3) is 6.89. The molecule has 0 aromatic heterocycles. The van der Waals surface area contributed by atoms with Crippen molar-refractivity contribution in [2.45, 2.75) is 25.4 Å². The van der Waals surface area contributed by atoms with Gasteiger partial charge in [-0.2, -0.15) is 11.8 Å². The fourth-order valence-electron chi connectivity index (χ4n) is 2.68. The van der Waals surface area contributed by atoms with E-state index >= 15 is 0 Å². The molecule has 2 rings (SSSR count). The average Bonchev–Trinajstić information content (AvgIpc) is 2.55. The number of hydrogen-bond acceptors (Lipinski definition) is 4. The second kappa shape index (κ2) is 9.90. The Morgan fingerprint density at radius 3 is 2.87 bits per heavy atom. The van der Waals surface area contributed by atoms with E-state index in [4.69, 9.17) is 0 Å². The zero-order chi connectivity index (χ0) is 16.5. The summed E-state index contributed by atoms with van der Waals surface area (Å²) in [5.41, 5.74) is 0.333. The van der Waals surface area contributed by atoms with Crippen molar-refractivity contribution in [2.24, 2.45) is 0 Å². The molecule has 1 saturated heterocycles. The molecule has 1 amide bonds. The fraction of sp³-hybridized carbons (Fsp3) is 0.588. The first kappa shape index (κ1) is 18.2. The largest absolute Gasteiger partial charge is 0.391 e. The van der Waals surface area contributed by atoms with Gasteiger partial charge in [-0.25, -0.2) is 4.39 Å². The topological polar surface area (TPSA) is 52.6 Å². The van der Waals surface area contributed by atoms with Crippen molar-refractivity contribution >= 4 is 17.7 Å². The second-order valence-electron chi connectivity index (χ2n) is 5.86. The first-order chi connectivity index (χ1) is 11.1. The lowest BCUT2D eigenvalue weighted by molar-refractivity contribution is 0.0955. The zero-order valence-corrected chi connectivity index (χ0v) is 14.2.